The van der Waals surface area contributed by atoms with Gasteiger partial charge >= 0.3 is 0 Å². The van der Waals surface area contributed by atoms with Gasteiger partial charge in [-0.15, -0.1) is 22.7 Å². The van der Waals surface area contributed by atoms with Crippen LogP contribution in [0.4, 0.5) is 0 Å². The molecule has 1 N–H and O–H groups in total. The van der Waals surface area contributed by atoms with E-state index in [-0.39, 0.29) is 6.04 Å². The Labute approximate surface area is 132 Å². The Kier molecular flexibility index (Phi) is 4.53. The zero-order valence-electron chi connectivity index (χ0n) is 12.1. The Morgan fingerprint density at radius 1 is 1.29 bits per heavy atom. The third kappa shape index (κ3) is 3.10. The van der Waals surface area contributed by atoms with Crippen molar-refractivity contribution in [2.24, 2.45) is 0 Å². The molecule has 2 aromatic heterocycles. The van der Waals surface area contributed by atoms with Crippen LogP contribution in [0.5, 0.6) is 5.75 Å². The average molecular weight is 318 g/mol. The van der Waals surface area contributed by atoms with Crippen molar-refractivity contribution in [1.29, 1.82) is 0 Å². The van der Waals surface area contributed by atoms with Gasteiger partial charge in [0.25, 0.3) is 0 Å². The Morgan fingerprint density at radius 3 is 2.90 bits per heavy atom. The lowest BCUT2D eigenvalue weighted by Crippen LogP contribution is -2.22. The highest BCUT2D eigenvalue weighted by Crippen LogP contribution is 2.34. The maximum Gasteiger partial charge on any atom is 0.134 e. The van der Waals surface area contributed by atoms with E-state index in [0.717, 1.165) is 29.2 Å². The number of ether oxygens (including phenoxy) is 1. The molecule has 1 atom stereocenters. The summed E-state index contributed by atoms with van der Waals surface area (Å²) in [7, 11) is 1.73. The molecule has 0 amide bonds. The van der Waals surface area contributed by atoms with Crippen molar-refractivity contribution in [3.8, 4) is 5.75 Å². The van der Waals surface area contributed by atoms with Crippen molar-refractivity contribution in [3.05, 3.63) is 45.6 Å². The zero-order chi connectivity index (χ0) is 14.7. The molecule has 2 heterocycles. The molecule has 0 aliphatic carbocycles. The van der Waals surface area contributed by atoms with Gasteiger partial charge in [0.15, 0.2) is 0 Å². The van der Waals surface area contributed by atoms with Crippen LogP contribution >= 0.6 is 22.7 Å². The van der Waals surface area contributed by atoms with Gasteiger partial charge in [-0.25, -0.2) is 4.98 Å². The topological polar surface area (TPSA) is 34.2 Å². The first-order valence-corrected chi connectivity index (χ1v) is 8.70. The summed E-state index contributed by atoms with van der Waals surface area (Å²) in [5.41, 5.74) is 1.09. The Morgan fingerprint density at radius 2 is 2.14 bits per heavy atom. The number of methoxy groups -OCH3 is 1. The van der Waals surface area contributed by atoms with Crippen LogP contribution in [0.1, 0.15) is 22.9 Å². The Hall–Kier alpha value is -1.43. The molecular weight excluding hydrogens is 300 g/mol. The summed E-state index contributed by atoms with van der Waals surface area (Å²) in [6.45, 7) is 3.06. The van der Waals surface area contributed by atoms with Gasteiger partial charge in [0.2, 0.25) is 0 Å². The lowest BCUT2D eigenvalue weighted by atomic mass is 10.1. The standard InChI is InChI=1S/C16H18N2OS2/c1-3-17-12(16-13(19-2)8-9-20-16)10-15-18-11-6-4-5-7-14(11)21-15/h4-9,12,17H,3,10H2,1-2H3. The van der Waals surface area contributed by atoms with Crippen LogP contribution in [0, 0.1) is 0 Å². The largest absolute Gasteiger partial charge is 0.496 e. The molecule has 0 radical (unpaired) electrons. The van der Waals surface area contributed by atoms with Crippen molar-refractivity contribution in [2.45, 2.75) is 19.4 Å². The molecule has 5 heteroatoms. The normalized spacial score (nSPS) is 12.7. The second-order valence-electron chi connectivity index (χ2n) is 4.74. The van der Waals surface area contributed by atoms with Gasteiger partial charge in [-0.3, -0.25) is 0 Å². The van der Waals surface area contributed by atoms with Crippen LogP contribution in [0.25, 0.3) is 10.2 Å². The monoisotopic (exact) mass is 318 g/mol. The number of hydrogen-bond acceptors (Lipinski definition) is 5. The number of thiazole rings is 1. The molecular formula is C16H18N2OS2. The van der Waals surface area contributed by atoms with Crippen LogP contribution in [-0.4, -0.2) is 18.6 Å². The van der Waals surface area contributed by atoms with E-state index < -0.39 is 0 Å². The van der Waals surface area contributed by atoms with Crippen LogP contribution in [0.2, 0.25) is 0 Å². The summed E-state index contributed by atoms with van der Waals surface area (Å²) in [6.07, 6.45) is 0.893. The van der Waals surface area contributed by atoms with Gasteiger partial charge in [0.1, 0.15) is 5.75 Å². The second kappa shape index (κ2) is 6.56. The first-order chi connectivity index (χ1) is 10.3. The first-order valence-electron chi connectivity index (χ1n) is 7.01. The molecule has 3 rings (SSSR count). The molecule has 3 aromatic rings. The van der Waals surface area contributed by atoms with E-state index >= 15 is 0 Å². The SMILES string of the molecule is CCNC(Cc1nc2ccccc2s1)c1sccc1OC. The molecule has 0 aliphatic rings. The fraction of sp³-hybridized carbons (Fsp3) is 0.312. The van der Waals surface area contributed by atoms with E-state index in [4.69, 9.17) is 9.72 Å². The summed E-state index contributed by atoms with van der Waals surface area (Å²) in [5, 5.41) is 6.79. The molecule has 21 heavy (non-hydrogen) atoms. The van der Waals surface area contributed by atoms with E-state index in [2.05, 4.69) is 35.8 Å². The molecule has 1 aromatic carbocycles. The fourth-order valence-electron chi connectivity index (χ4n) is 2.42. The van der Waals surface area contributed by atoms with Gasteiger partial charge in [-0.2, -0.15) is 0 Å². The highest BCUT2D eigenvalue weighted by atomic mass is 32.1. The van der Waals surface area contributed by atoms with E-state index in [1.54, 1.807) is 29.8 Å². The molecule has 1 unspecified atom stereocenters. The van der Waals surface area contributed by atoms with Gasteiger partial charge < -0.3 is 10.1 Å². The Balaban J connectivity index is 1.88. The minimum atomic E-state index is 0.255. The smallest absolute Gasteiger partial charge is 0.134 e. The van der Waals surface area contributed by atoms with Crippen LogP contribution in [-0.2, 0) is 6.42 Å². The molecule has 0 fully saturated rings. The number of rotatable bonds is 6. The third-order valence-corrected chi connectivity index (χ3v) is 5.43. The maximum atomic E-state index is 5.46. The zero-order valence-corrected chi connectivity index (χ0v) is 13.8. The lowest BCUT2D eigenvalue weighted by molar-refractivity contribution is 0.403. The van der Waals surface area contributed by atoms with Gasteiger partial charge in [-0.05, 0) is 30.1 Å². The van der Waals surface area contributed by atoms with Crippen molar-refractivity contribution >= 4 is 32.9 Å². The number of benzene rings is 1. The maximum absolute atomic E-state index is 5.46. The molecule has 110 valence electrons. The van der Waals surface area contributed by atoms with Crippen molar-refractivity contribution < 1.29 is 4.74 Å². The number of aromatic nitrogens is 1. The number of hydrogen-bond donors (Lipinski definition) is 1. The van der Waals surface area contributed by atoms with Gasteiger partial charge in [0.05, 0.1) is 33.3 Å². The first kappa shape index (κ1) is 14.5. The van der Waals surface area contributed by atoms with E-state index in [1.807, 2.05) is 12.1 Å². The summed E-state index contributed by atoms with van der Waals surface area (Å²) >= 11 is 3.51. The second-order valence-corrected chi connectivity index (χ2v) is 6.81. The molecule has 3 nitrogen and oxygen atoms in total. The number of para-hydroxylation sites is 1. The molecule has 0 bridgehead atoms. The van der Waals surface area contributed by atoms with Crippen molar-refractivity contribution in [2.75, 3.05) is 13.7 Å². The number of thiophene rings is 1. The number of nitrogens with one attached hydrogen (secondary N) is 1. The summed E-state index contributed by atoms with van der Waals surface area (Å²) in [5.74, 6) is 0.965. The van der Waals surface area contributed by atoms with E-state index in [1.165, 1.54) is 9.58 Å². The van der Waals surface area contributed by atoms with Crippen LogP contribution in [0.15, 0.2) is 35.7 Å². The minimum absolute atomic E-state index is 0.255. The predicted molar refractivity (Wildman–Crippen MR) is 90.6 cm³/mol. The highest BCUT2D eigenvalue weighted by molar-refractivity contribution is 7.18. The third-order valence-electron chi connectivity index (χ3n) is 3.36. The van der Waals surface area contributed by atoms with Gasteiger partial charge in [0, 0.05) is 6.42 Å². The Bertz CT molecular complexity index is 687. The predicted octanol–water partition coefficient (Wildman–Crippen LogP) is 4.26. The van der Waals surface area contributed by atoms with E-state index in [0.29, 0.717) is 0 Å². The summed E-state index contributed by atoms with van der Waals surface area (Å²) in [6, 6.07) is 10.6. The molecule has 0 spiro atoms. The van der Waals surface area contributed by atoms with Crippen LogP contribution in [0.3, 0.4) is 0 Å². The number of likely N-dealkylation sites (N-methyl/N-ethyl adjacent to an activating group) is 1. The molecule has 0 aliphatic heterocycles. The minimum Gasteiger partial charge on any atom is -0.496 e. The number of fused-ring (bicyclic) bond motifs is 1. The van der Waals surface area contributed by atoms with Crippen molar-refractivity contribution in [1.82, 2.24) is 10.3 Å². The quantitative estimate of drug-likeness (QED) is 0.737. The summed E-state index contributed by atoms with van der Waals surface area (Å²) in [4.78, 5) is 5.99. The molecule has 0 saturated carbocycles. The van der Waals surface area contributed by atoms with E-state index in [9.17, 15) is 0 Å². The van der Waals surface area contributed by atoms with Crippen molar-refractivity contribution in [3.63, 3.8) is 0 Å². The van der Waals surface area contributed by atoms with Gasteiger partial charge in [-0.1, -0.05) is 19.1 Å². The highest BCUT2D eigenvalue weighted by Gasteiger charge is 2.19. The average Bonchev–Trinajstić information content (AvgIpc) is 3.12. The molecule has 0 saturated heterocycles. The lowest BCUT2D eigenvalue weighted by Gasteiger charge is -2.16. The number of nitrogens with zero attached hydrogens (tertiary/aromatic N) is 1. The summed E-state index contributed by atoms with van der Waals surface area (Å²) < 4.78 is 6.71. The van der Waals surface area contributed by atoms with Crippen LogP contribution < -0.4 is 10.1 Å². The fourth-order valence-corrected chi connectivity index (χ4v) is 4.37.